The number of benzene rings is 2. The Morgan fingerprint density at radius 3 is 1.37 bits per heavy atom. The maximum Gasteiger partial charge on any atom is 1.00 e. The summed E-state index contributed by atoms with van der Waals surface area (Å²) in [6.07, 6.45) is 1.94. The average Bonchev–Trinajstić information content (AvgIpc) is 3.69. The zero-order valence-electron chi connectivity index (χ0n) is 45.7. The summed E-state index contributed by atoms with van der Waals surface area (Å²) in [5.74, 6) is -1.83. The van der Waals surface area contributed by atoms with Crippen LogP contribution in [0.1, 0.15) is 108 Å². The van der Waals surface area contributed by atoms with Crippen LogP contribution in [-0.2, 0) is 74.1 Å². The third-order valence-corrected chi connectivity index (χ3v) is 10.6. The van der Waals surface area contributed by atoms with E-state index < -0.39 is 52.8 Å². The molecule has 4 aromatic rings. The van der Waals surface area contributed by atoms with E-state index in [0.717, 1.165) is 94.1 Å². The fourth-order valence-corrected chi connectivity index (χ4v) is 7.19. The van der Waals surface area contributed by atoms with Gasteiger partial charge in [0.1, 0.15) is 23.7 Å². The SMILES string of the molecule is CC(=O)OOC(C)=O.CO.COC(=O)[C@@H](NC(=O)c1nc(-c2ccccc2)n2c1CN(C)CCC2)C(C)(C)C.COC(=O)[C@@H](NC(=O)c1nc(-c2ccccc2)n2c1CNCCC2)C(C)(C)C.S.S.[B-]OC(C)=O.[Na+]. The number of carbonyl (C=O) groups excluding carboxylic acids is 7. The summed E-state index contributed by atoms with van der Waals surface area (Å²) in [6.45, 7) is 19.5. The number of amides is 2. The van der Waals surface area contributed by atoms with Gasteiger partial charge in [0.15, 0.2) is 11.4 Å². The molecule has 2 aliphatic heterocycles. The summed E-state index contributed by atoms with van der Waals surface area (Å²) < 4.78 is 17.7. The van der Waals surface area contributed by atoms with E-state index in [1.54, 1.807) is 0 Å². The Bertz CT molecular complexity index is 2420. The minimum Gasteiger partial charge on any atom is -0.793 e. The molecule has 0 bridgehead atoms. The second kappa shape index (κ2) is 35.2. The van der Waals surface area contributed by atoms with Crippen LogP contribution in [0, 0.1) is 10.8 Å². The Labute approximate surface area is 477 Å². The van der Waals surface area contributed by atoms with Crippen LogP contribution < -0.4 is 45.5 Å². The fraction of sp³-hybridized carbons (Fsp3) is 0.500. The summed E-state index contributed by atoms with van der Waals surface area (Å²) in [5, 5.41) is 16.1. The van der Waals surface area contributed by atoms with Crippen LogP contribution in [0.2, 0.25) is 0 Å². The van der Waals surface area contributed by atoms with Crippen LogP contribution in [0.15, 0.2) is 60.7 Å². The van der Waals surface area contributed by atoms with Gasteiger partial charge in [0.05, 0.1) is 25.6 Å². The summed E-state index contributed by atoms with van der Waals surface area (Å²) >= 11 is 0. The second-order valence-electron chi connectivity index (χ2n) is 18.5. The largest absolute Gasteiger partial charge is 1.00 e. The number of esters is 2. The summed E-state index contributed by atoms with van der Waals surface area (Å²) in [6, 6.07) is 18.2. The van der Waals surface area contributed by atoms with Crippen LogP contribution in [0.25, 0.3) is 22.8 Å². The number of nitrogens with zero attached hydrogens (tertiary/aromatic N) is 5. The number of methoxy groups -OCH3 is 2. The molecule has 3 radical (unpaired) electrons. The number of rotatable bonds is 8. The van der Waals surface area contributed by atoms with Gasteiger partial charge in [-0.05, 0) is 43.8 Å². The van der Waals surface area contributed by atoms with Crippen LogP contribution >= 0.6 is 27.0 Å². The number of aromatic nitrogens is 4. The van der Waals surface area contributed by atoms with Gasteiger partial charge in [-0.15, -0.1) is 0 Å². The van der Waals surface area contributed by atoms with E-state index in [9.17, 15) is 33.6 Å². The van der Waals surface area contributed by atoms with E-state index in [2.05, 4.69) is 57.4 Å². The minimum absolute atomic E-state index is 0. The van der Waals surface area contributed by atoms with Crippen molar-refractivity contribution in [1.82, 2.24) is 40.0 Å². The van der Waals surface area contributed by atoms with Crippen molar-refractivity contribution >= 4 is 76.7 Å². The molecule has 0 fully saturated rings. The molecule has 21 nitrogen and oxygen atoms in total. The van der Waals surface area contributed by atoms with Crippen molar-refractivity contribution in [2.75, 3.05) is 41.5 Å². The molecule has 0 spiro atoms. The summed E-state index contributed by atoms with van der Waals surface area (Å²) in [4.78, 5) is 99.3. The van der Waals surface area contributed by atoms with Gasteiger partial charge >= 0.3 is 53.4 Å². The molecule has 0 unspecified atom stereocenters. The van der Waals surface area contributed by atoms with Gasteiger partial charge < -0.3 is 57.3 Å². The van der Waals surface area contributed by atoms with Crippen molar-refractivity contribution in [3.05, 3.63) is 83.4 Å². The van der Waals surface area contributed by atoms with E-state index in [4.69, 9.17) is 19.6 Å². The smallest absolute Gasteiger partial charge is 0.793 e. The third-order valence-electron chi connectivity index (χ3n) is 10.6. The predicted molar refractivity (Wildman–Crippen MR) is 288 cm³/mol. The minimum atomic E-state index is -0.763. The number of ether oxygens (including phenoxy) is 2. The molecule has 2 aromatic carbocycles. The number of hydrogen-bond donors (Lipinski definition) is 4. The first-order valence-electron chi connectivity index (χ1n) is 23.1. The second-order valence-corrected chi connectivity index (χ2v) is 18.5. The molecule has 409 valence electrons. The molecular formula is C50H75BN8NaO13S2. The van der Waals surface area contributed by atoms with E-state index in [-0.39, 0.29) is 68.4 Å². The van der Waals surface area contributed by atoms with Gasteiger partial charge in [0.25, 0.3) is 11.8 Å². The quantitative estimate of drug-likeness (QED) is 0.0845. The Morgan fingerprint density at radius 2 is 1.01 bits per heavy atom. The molecule has 25 heteroatoms. The van der Waals surface area contributed by atoms with E-state index in [1.165, 1.54) is 21.1 Å². The number of imidazole rings is 2. The first kappa shape index (κ1) is 71.9. The van der Waals surface area contributed by atoms with Gasteiger partial charge in [-0.1, -0.05) is 102 Å². The van der Waals surface area contributed by atoms with Crippen LogP contribution in [0.4, 0.5) is 0 Å². The van der Waals surface area contributed by atoms with Crippen molar-refractivity contribution in [2.24, 2.45) is 10.8 Å². The molecule has 2 aromatic heterocycles. The number of aliphatic hydroxyl groups excluding tert-OH is 1. The number of aliphatic hydroxyl groups is 1. The molecule has 2 aliphatic rings. The molecule has 6 rings (SSSR count). The zero-order chi connectivity index (χ0) is 54.3. The Balaban J connectivity index is 0. The van der Waals surface area contributed by atoms with E-state index >= 15 is 0 Å². The predicted octanol–water partition coefficient (Wildman–Crippen LogP) is 1.56. The van der Waals surface area contributed by atoms with Crippen molar-refractivity contribution in [3.8, 4) is 22.8 Å². The van der Waals surface area contributed by atoms with Crippen LogP contribution in [-0.4, -0.2) is 132 Å². The van der Waals surface area contributed by atoms with Gasteiger partial charge in [0, 0.05) is 65.2 Å². The average molecular weight is 1090 g/mol. The van der Waals surface area contributed by atoms with Gasteiger partial charge in [-0.25, -0.2) is 38.9 Å². The third kappa shape index (κ3) is 22.9. The van der Waals surface area contributed by atoms with Crippen molar-refractivity contribution in [2.45, 2.75) is 113 Å². The first-order chi connectivity index (χ1) is 33.9. The first-order valence-corrected chi connectivity index (χ1v) is 23.1. The number of nitrogens with one attached hydrogen (secondary N) is 3. The van der Waals surface area contributed by atoms with Gasteiger partial charge in [-0.3, -0.25) is 14.4 Å². The molecule has 0 aliphatic carbocycles. The molecule has 4 heterocycles. The Morgan fingerprint density at radius 1 is 0.640 bits per heavy atom. The van der Waals surface area contributed by atoms with E-state index in [1.807, 2.05) is 109 Å². The maximum atomic E-state index is 13.2. The molecule has 0 saturated heterocycles. The topological polar surface area (TPSA) is 261 Å². The summed E-state index contributed by atoms with van der Waals surface area (Å²) in [5.41, 5.74) is 3.40. The number of carbonyl (C=O) groups is 7. The molecule has 75 heavy (non-hydrogen) atoms. The number of fused-ring (bicyclic) bond motifs is 2. The molecular weight excluding hydrogens is 1020 g/mol. The summed E-state index contributed by atoms with van der Waals surface area (Å²) in [7, 11) is 10.0. The van der Waals surface area contributed by atoms with Gasteiger partial charge in [-0.2, -0.15) is 27.0 Å². The molecule has 2 atom stereocenters. The standard InChI is InChI=1S/C22H30N4O3.C21H28N4O3.C4H6O4.C2H3BO2.CH4O.Na.2H2S/c1-22(2,3)18(21(28)29-5)24-20(27)17-16-14-25(4)12-9-13-26(16)19(23-17)15-10-7-6-8-11-15;1-21(2,3)17(20(27)28-4)24-19(26)16-15-13-22-11-8-12-25(15)18(23-16)14-9-6-5-7-10-14;1-3(5)7-8-4(2)6;1-2(4)5-3;1-2;;;/h6-8,10-11,18H,9,12-14H2,1-5H3,(H,24,27);5-7,9-10,17,22H,8,11-13H2,1-4H3,(H,24,26);1-2H3;1H3;2H,1H3;;2*1H2/q;;;-1;;+1;;/t18-;17-;;;;;;/m11....../s1. The number of hydrogen-bond acceptors (Lipinski definition) is 17. The molecule has 4 N–H and O–H groups in total. The molecule has 0 saturated carbocycles. The maximum absolute atomic E-state index is 13.2. The van der Waals surface area contributed by atoms with Crippen LogP contribution in [0.5, 0.6) is 0 Å². The normalized spacial score (nSPS) is 13.2. The monoisotopic (exact) mass is 1090 g/mol. The van der Waals surface area contributed by atoms with Crippen molar-refractivity contribution in [3.63, 3.8) is 0 Å². The van der Waals surface area contributed by atoms with Crippen molar-refractivity contribution in [1.29, 1.82) is 0 Å². The molecule has 2 amide bonds. The van der Waals surface area contributed by atoms with E-state index in [0.29, 0.717) is 24.5 Å². The van der Waals surface area contributed by atoms with Crippen molar-refractivity contribution < 1.29 is 92.1 Å². The van der Waals surface area contributed by atoms with Crippen LogP contribution in [0.3, 0.4) is 0 Å². The van der Waals surface area contributed by atoms with Gasteiger partial charge in [0.2, 0.25) is 5.97 Å². The Kier molecular flexibility index (Phi) is 33.7. The Hall–Kier alpha value is -5.21. The zero-order valence-corrected chi connectivity index (χ0v) is 49.7. The fourth-order valence-electron chi connectivity index (χ4n) is 7.19.